The van der Waals surface area contributed by atoms with Crippen LogP contribution in [0.2, 0.25) is 0 Å². The minimum Gasteiger partial charge on any atom is -0.486 e. The normalized spacial score (nSPS) is 16.0. The number of pyridine rings is 3. The van der Waals surface area contributed by atoms with E-state index in [9.17, 15) is 0 Å². The van der Waals surface area contributed by atoms with Gasteiger partial charge in [-0.2, -0.15) is 0 Å². The molecule has 0 bridgehead atoms. The van der Waals surface area contributed by atoms with Crippen LogP contribution in [0.15, 0.2) is 132 Å². The van der Waals surface area contributed by atoms with Crippen molar-refractivity contribution in [1.82, 2.24) is 15.0 Å². The number of rotatable bonds is 7. The van der Waals surface area contributed by atoms with Crippen molar-refractivity contribution in [2.45, 2.75) is 60.5 Å². The Morgan fingerprint density at radius 1 is 0.685 bits per heavy atom. The molecule has 8 aromatic rings. The summed E-state index contributed by atoms with van der Waals surface area (Å²) in [5, 5.41) is 1.38. The van der Waals surface area contributed by atoms with Crippen molar-refractivity contribution in [1.29, 1.82) is 0 Å². The second-order valence-electron chi connectivity index (χ2n) is 13.6. The number of nitrogens with zero attached hydrogens (tertiary/aromatic N) is 3. The van der Waals surface area contributed by atoms with Crippen molar-refractivity contribution in [3.05, 3.63) is 173 Å². The molecular weight excluding hydrogens is 839 g/mol. The van der Waals surface area contributed by atoms with E-state index in [0.717, 1.165) is 22.1 Å². The number of fused-ring (bicyclic) bond motifs is 3. The summed E-state index contributed by atoms with van der Waals surface area (Å²) in [6.07, 6.45) is 0.0582. The molecule has 0 aliphatic heterocycles. The number of furan rings is 1. The van der Waals surface area contributed by atoms with Crippen LogP contribution in [0, 0.1) is 38.1 Å². The minimum atomic E-state index is -2.36. The first-order valence-electron chi connectivity index (χ1n) is 23.6. The average Bonchev–Trinajstić information content (AvgIpc) is 3.64. The maximum atomic E-state index is 8.70. The Bertz CT molecular complexity index is 2990. The predicted octanol–water partition coefficient (Wildman–Crippen LogP) is 12.4. The minimum absolute atomic E-state index is 0. The van der Waals surface area contributed by atoms with Crippen LogP contribution in [0.5, 0.6) is 0 Å². The van der Waals surface area contributed by atoms with Crippen molar-refractivity contribution >= 4 is 22.1 Å². The second-order valence-corrected chi connectivity index (χ2v) is 13.6. The number of hydrogen-bond acceptors (Lipinski definition) is 4. The Morgan fingerprint density at radius 2 is 1.44 bits per heavy atom. The maximum absolute atomic E-state index is 8.70. The first kappa shape index (κ1) is 25.0. The van der Waals surface area contributed by atoms with E-state index in [1.807, 2.05) is 57.2 Å². The molecule has 0 N–H and O–H groups in total. The maximum Gasteiger partial charge on any atom is 0.216 e. The van der Waals surface area contributed by atoms with Gasteiger partial charge < -0.3 is 14.4 Å². The number of aromatic nitrogens is 3. The number of aryl methyl sites for hydroxylation is 5. The van der Waals surface area contributed by atoms with Crippen molar-refractivity contribution in [3.63, 3.8) is 0 Å². The van der Waals surface area contributed by atoms with Crippen LogP contribution in [0.3, 0.4) is 0 Å². The van der Waals surface area contributed by atoms with Crippen molar-refractivity contribution in [3.8, 4) is 33.6 Å². The van der Waals surface area contributed by atoms with Crippen molar-refractivity contribution in [2.75, 3.05) is 0 Å². The average molecular weight is 897 g/mol. The van der Waals surface area contributed by atoms with Crippen LogP contribution < -0.4 is 0 Å². The Balaban J connectivity index is 0.000000224. The molecular formula is C49H45IrN3O-2. The van der Waals surface area contributed by atoms with Gasteiger partial charge in [-0.3, -0.25) is 0 Å². The summed E-state index contributed by atoms with van der Waals surface area (Å²) in [6.45, 7) is -1.05. The summed E-state index contributed by atoms with van der Waals surface area (Å²) < 4.78 is 108. The van der Waals surface area contributed by atoms with E-state index >= 15 is 0 Å². The van der Waals surface area contributed by atoms with Gasteiger partial charge in [0, 0.05) is 61.4 Å². The molecule has 1 radical (unpaired) electrons. The molecule has 54 heavy (non-hydrogen) atoms. The first-order chi connectivity index (χ1) is 30.7. The van der Waals surface area contributed by atoms with Crippen LogP contribution in [-0.2, 0) is 39.3 Å². The third-order valence-corrected chi connectivity index (χ3v) is 8.35. The van der Waals surface area contributed by atoms with Gasteiger partial charge >= 0.3 is 0 Å². The van der Waals surface area contributed by atoms with Crippen molar-refractivity contribution in [2.24, 2.45) is 5.41 Å². The summed E-state index contributed by atoms with van der Waals surface area (Å²) in [7, 11) is 0. The van der Waals surface area contributed by atoms with Crippen LogP contribution in [-0.4, -0.2) is 15.0 Å². The number of benzene rings is 4. The van der Waals surface area contributed by atoms with Gasteiger partial charge in [-0.25, -0.2) is 4.98 Å². The molecule has 0 saturated heterocycles. The molecule has 4 heterocycles. The van der Waals surface area contributed by atoms with E-state index in [1.165, 1.54) is 30.5 Å². The monoisotopic (exact) mass is 897 g/mol. The predicted molar refractivity (Wildman–Crippen MR) is 219 cm³/mol. The zero-order valence-corrected chi connectivity index (χ0v) is 32.3. The summed E-state index contributed by atoms with van der Waals surface area (Å²) in [6, 6.07) is 38.3. The van der Waals surface area contributed by atoms with Crippen LogP contribution in [0.25, 0.3) is 55.7 Å². The molecule has 273 valence electrons. The molecule has 8 rings (SSSR count). The molecule has 0 aliphatic rings. The molecule has 4 aromatic heterocycles. The summed E-state index contributed by atoms with van der Waals surface area (Å²) >= 11 is 0. The standard InChI is InChI=1S/C26H21N2O.C23H24N.Ir/c1-17-6-9-19(10-7-17)11-12-20-14-15-27-24(16-20)23-5-3-4-21-22-13-8-18(2)28-26(22)29-25(21)23;1-17-5-9-20(10-6-17)22-15-21(13-14-24-22)19-11-7-18(8-12-19)16-23(2,3)4;/h3-4,6-10,13-16H,11-12H2,1-2H3;5-9,11-15H,16H2,1-4H3;/q2*-1;/i1D3,2D3,12D2;1D3,16D2;. The topological polar surface area (TPSA) is 51.8 Å². The summed E-state index contributed by atoms with van der Waals surface area (Å²) in [5.74, 6) is 0. The quantitative estimate of drug-likeness (QED) is 0.150. The molecule has 0 amide bonds. The Morgan fingerprint density at radius 3 is 2.19 bits per heavy atom. The Labute approximate surface area is 351 Å². The van der Waals surface area contributed by atoms with Crippen LogP contribution in [0.4, 0.5) is 0 Å². The van der Waals surface area contributed by atoms with Gasteiger partial charge in [-0.05, 0) is 96.2 Å². The number of hydrogen-bond donors (Lipinski definition) is 0. The fraction of sp³-hybridized carbons (Fsp3) is 0.204. The van der Waals surface area contributed by atoms with Gasteiger partial charge in [0.2, 0.25) is 5.71 Å². The fourth-order valence-electron chi connectivity index (χ4n) is 5.84. The second kappa shape index (κ2) is 16.8. The fourth-order valence-corrected chi connectivity index (χ4v) is 5.84. The van der Waals surface area contributed by atoms with E-state index < -0.39 is 38.7 Å². The van der Waals surface area contributed by atoms with Gasteiger partial charge in [-0.15, -0.1) is 53.6 Å². The van der Waals surface area contributed by atoms with E-state index in [0.29, 0.717) is 44.6 Å². The van der Waals surface area contributed by atoms with E-state index in [4.69, 9.17) is 22.2 Å². The van der Waals surface area contributed by atoms with E-state index in [2.05, 4.69) is 27.1 Å². The molecule has 5 heteroatoms. The molecule has 4 aromatic carbocycles. The third kappa shape index (κ3) is 9.46. The molecule has 0 spiro atoms. The van der Waals surface area contributed by atoms with Gasteiger partial charge in [0.15, 0.2) is 0 Å². The van der Waals surface area contributed by atoms with Crippen LogP contribution in [0.1, 0.15) is 72.1 Å². The van der Waals surface area contributed by atoms with Gasteiger partial charge in [0.1, 0.15) is 0 Å². The Kier molecular flexibility index (Phi) is 7.79. The molecule has 4 nitrogen and oxygen atoms in total. The van der Waals surface area contributed by atoms with Gasteiger partial charge in [0.05, 0.1) is 5.58 Å². The molecule has 0 unspecified atom stereocenters. The van der Waals surface area contributed by atoms with Crippen LogP contribution >= 0.6 is 0 Å². The van der Waals surface area contributed by atoms with Gasteiger partial charge in [0.25, 0.3) is 0 Å². The zero-order valence-electron chi connectivity index (χ0n) is 42.9. The van der Waals surface area contributed by atoms with E-state index in [-0.39, 0.29) is 49.1 Å². The third-order valence-electron chi connectivity index (χ3n) is 8.35. The molecule has 0 aliphatic carbocycles. The summed E-state index contributed by atoms with van der Waals surface area (Å²) in [4.78, 5) is 13.0. The van der Waals surface area contributed by atoms with Gasteiger partial charge in [-0.1, -0.05) is 110 Å². The van der Waals surface area contributed by atoms with Crippen molar-refractivity contribution < 1.29 is 42.3 Å². The molecule has 0 fully saturated rings. The van der Waals surface area contributed by atoms with E-state index in [1.54, 1.807) is 60.8 Å². The largest absolute Gasteiger partial charge is 0.486 e. The first-order valence-corrected chi connectivity index (χ1v) is 17.1. The molecule has 0 saturated carbocycles. The summed E-state index contributed by atoms with van der Waals surface area (Å²) in [5.41, 5.74) is 6.50. The zero-order chi connectivity index (χ0) is 48.0. The SMILES string of the molecule is [2H]C([2H])([2H])c1c[c-]c(-c2cc(-c3ccc(C([2H])([2H])C(C)(C)C)cc3)ccn2)cc1.[2H]C([2H])([2H])c1ccc(CC([2H])([2H])c2ccnc(-c3[c-]ccc4c3oc3nc(C([2H])([2H])[2H])ccc34)c2)cc1.[Ir]. The smallest absolute Gasteiger partial charge is 0.216 e. The Hall–Kier alpha value is -5.22. The molecule has 0 atom stereocenters.